The number of carbonyl (C=O) groups is 7. The lowest BCUT2D eigenvalue weighted by atomic mass is 9.97. The number of hydrogen-bond acceptors (Lipinski definition) is 9. The Balaban J connectivity index is 3.56. The van der Waals surface area contributed by atoms with E-state index in [-0.39, 0.29) is 31.1 Å². The third-order valence-corrected chi connectivity index (χ3v) is 9.80. The number of benzene rings is 1. The van der Waals surface area contributed by atoms with Gasteiger partial charge in [0, 0.05) is 41.2 Å². The zero-order chi connectivity index (χ0) is 45.4. The zero-order valence-electron chi connectivity index (χ0n) is 37.9. The number of nitrogens with one attached hydrogen (secondary N) is 2. The predicted molar refractivity (Wildman–Crippen MR) is 225 cm³/mol. The van der Waals surface area contributed by atoms with Crippen LogP contribution >= 0.6 is 0 Å². The average Bonchev–Trinajstić information content (AvgIpc) is 3.14. The van der Waals surface area contributed by atoms with Crippen LogP contribution in [0, 0.1) is 11.8 Å². The summed E-state index contributed by atoms with van der Waals surface area (Å²) in [6.45, 7) is 17.6. The number of unbranched alkanes of at least 4 members (excludes halogenated alkanes) is 1. The van der Waals surface area contributed by atoms with Gasteiger partial charge in [-0.05, 0) is 71.3 Å². The van der Waals surface area contributed by atoms with Crippen LogP contribution in [0.1, 0.15) is 100 Å². The SMILES string of the molecule is CCCCO[C@H](C)[C@H](NC(=O)[C@H](CC(C)C)N(C)C(=O)[C@H](CC(C)C)NC(=O)[C@H](Cc1ccccc1)N(C)C(=O)[C@H](C)N(C)C(=O)OC(C)(C)C)C(=O)N(C)CC(=O)O. The summed E-state index contributed by atoms with van der Waals surface area (Å²) < 4.78 is 11.3. The summed E-state index contributed by atoms with van der Waals surface area (Å²) in [7, 11) is 5.71. The van der Waals surface area contributed by atoms with Gasteiger partial charge in [0.2, 0.25) is 29.5 Å². The van der Waals surface area contributed by atoms with Crippen molar-refractivity contribution in [3.63, 3.8) is 0 Å². The van der Waals surface area contributed by atoms with Gasteiger partial charge in [0.1, 0.15) is 42.4 Å². The fourth-order valence-electron chi connectivity index (χ4n) is 6.25. The van der Waals surface area contributed by atoms with Gasteiger partial charge in [0.05, 0.1) is 6.10 Å². The molecule has 0 saturated carbocycles. The third kappa shape index (κ3) is 17.6. The number of amides is 6. The van der Waals surface area contributed by atoms with Crippen LogP contribution in [0.4, 0.5) is 4.79 Å². The van der Waals surface area contributed by atoms with Gasteiger partial charge in [-0.3, -0.25) is 33.7 Å². The highest BCUT2D eigenvalue weighted by Gasteiger charge is 2.39. The van der Waals surface area contributed by atoms with E-state index in [0.717, 1.165) is 16.9 Å². The number of aliphatic carboxylic acids is 1. The van der Waals surface area contributed by atoms with Gasteiger partial charge in [0.25, 0.3) is 0 Å². The van der Waals surface area contributed by atoms with Crippen molar-refractivity contribution in [2.45, 2.75) is 143 Å². The van der Waals surface area contributed by atoms with Gasteiger partial charge in [-0.25, -0.2) is 4.79 Å². The Morgan fingerprint density at radius 2 is 1.27 bits per heavy atom. The maximum atomic E-state index is 14.5. The van der Waals surface area contributed by atoms with Gasteiger partial charge in [-0.15, -0.1) is 0 Å². The summed E-state index contributed by atoms with van der Waals surface area (Å²) in [6.07, 6.45) is 0.501. The van der Waals surface area contributed by atoms with E-state index in [0.29, 0.717) is 13.0 Å². The standard InChI is InChI=1S/C43H72N6O10/c1-15-16-22-58-30(7)36(41(56)46(11)26-35(50)51)45-38(53)33(24-28(4)5)49(14)40(55)32(23-27(2)3)44-37(52)34(25-31-20-18-17-19-21-31)48(13)39(54)29(6)47(12)42(57)59-43(8,9)10/h17-21,27-30,32-34,36H,15-16,22-26H2,1-14H3,(H,44,52)(H,45,53)(H,50,51)/t29-,30+,32-,33-,34-,36-/m0/s1. The second-order valence-electron chi connectivity index (χ2n) is 17.2. The number of carboxylic acids is 1. The van der Waals surface area contributed by atoms with Gasteiger partial charge in [-0.2, -0.15) is 0 Å². The molecule has 16 heteroatoms. The minimum Gasteiger partial charge on any atom is -0.480 e. The van der Waals surface area contributed by atoms with E-state index in [4.69, 9.17) is 9.47 Å². The van der Waals surface area contributed by atoms with E-state index >= 15 is 0 Å². The van der Waals surface area contributed by atoms with E-state index in [2.05, 4.69) is 10.6 Å². The van der Waals surface area contributed by atoms with Crippen molar-refractivity contribution >= 4 is 41.6 Å². The number of hydrogen-bond donors (Lipinski definition) is 3. The Morgan fingerprint density at radius 1 is 0.729 bits per heavy atom. The molecule has 6 amide bonds. The van der Waals surface area contributed by atoms with Gasteiger partial charge >= 0.3 is 12.1 Å². The van der Waals surface area contributed by atoms with Crippen LogP contribution in [0.25, 0.3) is 0 Å². The van der Waals surface area contributed by atoms with E-state index < -0.39 is 90.1 Å². The molecule has 0 aromatic heterocycles. The molecule has 0 radical (unpaired) electrons. The third-order valence-electron chi connectivity index (χ3n) is 9.80. The Morgan fingerprint density at radius 3 is 1.78 bits per heavy atom. The predicted octanol–water partition coefficient (Wildman–Crippen LogP) is 3.95. The van der Waals surface area contributed by atoms with E-state index in [1.807, 2.05) is 65.0 Å². The Hall–Kier alpha value is -4.73. The van der Waals surface area contributed by atoms with Crippen molar-refractivity contribution in [3.05, 3.63) is 35.9 Å². The average molecular weight is 833 g/mol. The highest BCUT2D eigenvalue weighted by atomic mass is 16.6. The summed E-state index contributed by atoms with van der Waals surface area (Å²) in [5.74, 6) is -4.41. The van der Waals surface area contributed by atoms with Crippen LogP contribution in [-0.4, -0.2) is 150 Å². The van der Waals surface area contributed by atoms with Gasteiger partial charge in [-0.1, -0.05) is 71.4 Å². The molecule has 334 valence electrons. The van der Waals surface area contributed by atoms with Gasteiger partial charge in [0.15, 0.2) is 0 Å². The molecule has 0 aliphatic carbocycles. The molecule has 0 heterocycles. The molecule has 59 heavy (non-hydrogen) atoms. The van der Waals surface area contributed by atoms with E-state index in [1.54, 1.807) is 34.6 Å². The first-order valence-electron chi connectivity index (χ1n) is 20.5. The first-order valence-corrected chi connectivity index (χ1v) is 20.5. The summed E-state index contributed by atoms with van der Waals surface area (Å²) in [5.41, 5.74) is -0.0433. The normalized spacial score (nSPS) is 14.6. The van der Waals surface area contributed by atoms with Crippen LogP contribution in [0.5, 0.6) is 0 Å². The molecule has 1 aromatic rings. The molecule has 1 rings (SSSR count). The number of nitrogens with zero attached hydrogens (tertiary/aromatic N) is 4. The molecular weight excluding hydrogens is 761 g/mol. The molecular formula is C43H72N6O10. The van der Waals surface area contributed by atoms with Crippen LogP contribution in [-0.2, 0) is 44.7 Å². The Labute approximate surface area is 351 Å². The lowest BCUT2D eigenvalue weighted by Crippen LogP contribution is -2.61. The van der Waals surface area contributed by atoms with Crippen LogP contribution in [0.2, 0.25) is 0 Å². The minimum atomic E-state index is -1.25. The van der Waals surface area contributed by atoms with Crippen LogP contribution in [0.15, 0.2) is 30.3 Å². The molecule has 0 aliphatic rings. The molecule has 0 unspecified atom stereocenters. The highest BCUT2D eigenvalue weighted by Crippen LogP contribution is 2.19. The maximum absolute atomic E-state index is 14.5. The molecule has 6 atom stereocenters. The van der Waals surface area contributed by atoms with Crippen LogP contribution < -0.4 is 10.6 Å². The van der Waals surface area contributed by atoms with Crippen molar-refractivity contribution in [1.82, 2.24) is 30.2 Å². The Kier molecular flexibility index (Phi) is 21.6. The topological polar surface area (TPSA) is 195 Å². The largest absolute Gasteiger partial charge is 0.480 e. The van der Waals surface area contributed by atoms with Crippen molar-refractivity contribution in [2.24, 2.45) is 11.8 Å². The highest BCUT2D eigenvalue weighted by molar-refractivity contribution is 5.96. The van der Waals surface area contributed by atoms with Crippen molar-refractivity contribution < 1.29 is 48.1 Å². The Bertz CT molecular complexity index is 1550. The molecule has 0 fully saturated rings. The van der Waals surface area contributed by atoms with Crippen LogP contribution in [0.3, 0.4) is 0 Å². The van der Waals surface area contributed by atoms with E-state index in [1.165, 1.54) is 42.9 Å². The molecule has 3 N–H and O–H groups in total. The smallest absolute Gasteiger partial charge is 0.410 e. The maximum Gasteiger partial charge on any atom is 0.410 e. The number of carbonyl (C=O) groups excluding carboxylic acids is 6. The second-order valence-corrected chi connectivity index (χ2v) is 17.2. The lowest BCUT2D eigenvalue weighted by Gasteiger charge is -2.36. The lowest BCUT2D eigenvalue weighted by molar-refractivity contribution is -0.149. The zero-order valence-corrected chi connectivity index (χ0v) is 37.9. The molecule has 0 bridgehead atoms. The summed E-state index contributed by atoms with van der Waals surface area (Å²) in [5, 5.41) is 15.0. The fraction of sp³-hybridized carbons (Fsp3) is 0.698. The number of likely N-dealkylation sites (N-methyl/N-ethyl adjacent to an activating group) is 4. The quantitative estimate of drug-likeness (QED) is 0.136. The minimum absolute atomic E-state index is 0.0858. The summed E-state index contributed by atoms with van der Waals surface area (Å²) >= 11 is 0. The van der Waals surface area contributed by atoms with Crippen molar-refractivity contribution in [3.8, 4) is 0 Å². The molecule has 16 nitrogen and oxygen atoms in total. The van der Waals surface area contributed by atoms with Crippen molar-refractivity contribution in [1.29, 1.82) is 0 Å². The monoisotopic (exact) mass is 833 g/mol. The first kappa shape index (κ1) is 52.3. The number of rotatable bonds is 23. The number of carboxylic acid groups (broad SMARTS) is 1. The molecule has 0 aliphatic heterocycles. The first-order chi connectivity index (χ1) is 27.3. The second kappa shape index (κ2) is 24.4. The molecule has 0 saturated heterocycles. The molecule has 1 aromatic carbocycles. The van der Waals surface area contributed by atoms with Crippen molar-refractivity contribution in [2.75, 3.05) is 41.3 Å². The van der Waals surface area contributed by atoms with E-state index in [9.17, 15) is 38.7 Å². The van der Waals surface area contributed by atoms with Gasteiger partial charge < -0.3 is 39.9 Å². The summed E-state index contributed by atoms with van der Waals surface area (Å²) in [6, 6.07) is 3.52. The number of ether oxygens (including phenoxy) is 2. The fourth-order valence-corrected chi connectivity index (χ4v) is 6.25. The summed E-state index contributed by atoms with van der Waals surface area (Å²) in [4.78, 5) is 99.6. The molecule has 0 spiro atoms.